The second-order valence-corrected chi connectivity index (χ2v) is 6.98. The van der Waals surface area contributed by atoms with Crippen molar-refractivity contribution >= 4 is 0 Å². The van der Waals surface area contributed by atoms with Gasteiger partial charge in [0.05, 0.1) is 13.7 Å². The minimum absolute atomic E-state index is 0.328. The number of nitrogens with one attached hydrogen (secondary N) is 1. The smallest absolute Gasteiger partial charge is 0.166 e. The highest BCUT2D eigenvalue weighted by atomic mass is 19.1. The van der Waals surface area contributed by atoms with Crippen LogP contribution in [-0.2, 0) is 6.42 Å². The van der Waals surface area contributed by atoms with Gasteiger partial charge in [0.25, 0.3) is 0 Å². The van der Waals surface area contributed by atoms with Gasteiger partial charge in [0.1, 0.15) is 24.2 Å². The molecule has 1 heterocycles. The molecule has 3 rings (SSSR count). The van der Waals surface area contributed by atoms with Gasteiger partial charge in [-0.1, -0.05) is 17.3 Å². The monoisotopic (exact) mass is 402 g/mol. The Hall–Kier alpha value is -2.67. The maximum absolute atomic E-state index is 13.9. The van der Waals surface area contributed by atoms with Gasteiger partial charge in [-0.25, -0.2) is 4.39 Å². The first kappa shape index (κ1) is 21.0. The Labute approximate surface area is 170 Å². The van der Waals surface area contributed by atoms with Gasteiger partial charge < -0.3 is 19.5 Å². The first-order chi connectivity index (χ1) is 14.2. The Morgan fingerprint density at radius 2 is 2.03 bits per heavy atom. The van der Waals surface area contributed by atoms with Crippen molar-refractivity contribution in [2.24, 2.45) is 5.18 Å². The molecule has 1 N–H and O–H groups in total. The van der Waals surface area contributed by atoms with E-state index < -0.39 is 11.9 Å². The zero-order chi connectivity index (χ0) is 20.5. The quantitative estimate of drug-likeness (QED) is 0.445. The number of methoxy groups -OCH3 is 1. The van der Waals surface area contributed by atoms with Crippen molar-refractivity contribution in [2.45, 2.75) is 31.7 Å². The van der Waals surface area contributed by atoms with Gasteiger partial charge in [0.15, 0.2) is 11.5 Å². The predicted molar refractivity (Wildman–Crippen MR) is 109 cm³/mol. The van der Waals surface area contributed by atoms with E-state index in [4.69, 9.17) is 14.2 Å². The van der Waals surface area contributed by atoms with Gasteiger partial charge in [-0.2, -0.15) is 4.91 Å². The van der Waals surface area contributed by atoms with Crippen LogP contribution in [0.1, 0.15) is 36.4 Å². The Morgan fingerprint density at radius 1 is 1.21 bits per heavy atom. The maximum atomic E-state index is 13.9. The molecule has 6 nitrogen and oxygen atoms in total. The highest BCUT2D eigenvalue weighted by molar-refractivity contribution is 5.49. The molecule has 2 aromatic carbocycles. The van der Waals surface area contributed by atoms with Gasteiger partial charge in [0, 0.05) is 24.6 Å². The molecule has 1 aliphatic rings. The van der Waals surface area contributed by atoms with Crippen LogP contribution in [0.5, 0.6) is 17.2 Å². The molecule has 0 aromatic heterocycles. The van der Waals surface area contributed by atoms with E-state index >= 15 is 0 Å². The van der Waals surface area contributed by atoms with Crippen LogP contribution in [-0.4, -0.2) is 33.4 Å². The number of halogens is 1. The highest BCUT2D eigenvalue weighted by Crippen LogP contribution is 2.41. The minimum atomic E-state index is -0.583. The van der Waals surface area contributed by atoms with Crippen LogP contribution in [0.15, 0.2) is 41.6 Å². The summed E-state index contributed by atoms with van der Waals surface area (Å²) in [6, 6.07) is 10.1. The Bertz CT molecular complexity index is 798. The van der Waals surface area contributed by atoms with Crippen molar-refractivity contribution in [2.75, 3.05) is 33.4 Å². The van der Waals surface area contributed by atoms with E-state index in [1.54, 1.807) is 7.11 Å². The van der Waals surface area contributed by atoms with E-state index in [1.807, 2.05) is 12.1 Å². The Balaban J connectivity index is 1.35. The molecule has 0 aliphatic carbocycles. The topological polar surface area (TPSA) is 69.2 Å². The van der Waals surface area contributed by atoms with Crippen molar-refractivity contribution in [1.82, 2.24) is 5.32 Å². The molecular formula is C22H27FN2O4. The zero-order valence-corrected chi connectivity index (χ0v) is 16.7. The molecule has 156 valence electrons. The molecular weight excluding hydrogens is 375 g/mol. The number of rotatable bonds is 11. The molecule has 1 aliphatic heterocycles. The molecule has 0 saturated heterocycles. The molecule has 0 saturated carbocycles. The average molecular weight is 402 g/mol. The molecule has 0 fully saturated rings. The molecule has 0 amide bonds. The number of unbranched alkanes of at least 4 members (excludes halogenated alkanes) is 1. The second-order valence-electron chi connectivity index (χ2n) is 6.98. The van der Waals surface area contributed by atoms with Crippen LogP contribution in [0.3, 0.4) is 0 Å². The Kier molecular flexibility index (Phi) is 7.81. The number of benzene rings is 2. The lowest BCUT2D eigenvalue weighted by atomic mass is 10.0. The molecule has 1 atom stereocenters. The average Bonchev–Trinajstić information content (AvgIpc) is 2.75. The number of aryl methyl sites for hydroxylation is 1. The first-order valence-corrected chi connectivity index (χ1v) is 9.96. The molecule has 7 heteroatoms. The lowest BCUT2D eigenvalue weighted by molar-refractivity contribution is 0.237. The molecule has 1 unspecified atom stereocenters. The largest absolute Gasteiger partial charge is 0.497 e. The number of nitrogens with zero attached hydrogens (tertiary/aromatic N) is 1. The van der Waals surface area contributed by atoms with Crippen LogP contribution in [0.2, 0.25) is 0 Å². The van der Waals surface area contributed by atoms with Crippen LogP contribution in [0.4, 0.5) is 4.39 Å². The fraction of sp³-hybridized carbons (Fsp3) is 0.455. The fourth-order valence-electron chi connectivity index (χ4n) is 3.37. The Morgan fingerprint density at radius 3 is 2.79 bits per heavy atom. The highest BCUT2D eigenvalue weighted by Gasteiger charge is 2.26. The predicted octanol–water partition coefficient (Wildman–Crippen LogP) is 4.42. The molecule has 2 aromatic rings. The van der Waals surface area contributed by atoms with Gasteiger partial charge in [-0.15, -0.1) is 0 Å². The number of fused-ring (bicyclic) bond motifs is 1. The standard InChI is InChI=1S/C22H27FN2O4/c1-27-18-7-5-16(6-8-18)4-2-3-10-24-11-13-28-21-15-17(23)14-19-20(25-26)9-12-29-22(19)21/h5-8,14-15,20,24H,2-4,9-13H2,1H3. The summed E-state index contributed by atoms with van der Waals surface area (Å²) < 4.78 is 30.3. The van der Waals surface area contributed by atoms with Crippen molar-refractivity contribution in [1.29, 1.82) is 0 Å². The normalized spacial score (nSPS) is 15.3. The molecule has 0 spiro atoms. The number of hydrogen-bond donors (Lipinski definition) is 1. The lowest BCUT2D eigenvalue weighted by Crippen LogP contribution is -2.23. The van der Waals surface area contributed by atoms with Gasteiger partial charge >= 0.3 is 0 Å². The second kappa shape index (κ2) is 10.8. The van der Waals surface area contributed by atoms with Crippen LogP contribution in [0.25, 0.3) is 0 Å². The summed E-state index contributed by atoms with van der Waals surface area (Å²) in [6.45, 7) is 2.28. The number of nitroso groups, excluding NO2 is 1. The van der Waals surface area contributed by atoms with Crippen LogP contribution in [0, 0.1) is 10.7 Å². The lowest BCUT2D eigenvalue weighted by Gasteiger charge is -2.23. The van der Waals surface area contributed by atoms with E-state index in [0.717, 1.165) is 31.6 Å². The van der Waals surface area contributed by atoms with Gasteiger partial charge in [-0.05, 0) is 49.6 Å². The first-order valence-electron chi connectivity index (χ1n) is 9.96. The van der Waals surface area contributed by atoms with Crippen molar-refractivity contribution in [3.63, 3.8) is 0 Å². The third-order valence-electron chi connectivity index (χ3n) is 4.94. The van der Waals surface area contributed by atoms with Crippen molar-refractivity contribution < 1.29 is 18.6 Å². The summed E-state index contributed by atoms with van der Waals surface area (Å²) >= 11 is 0. The van der Waals surface area contributed by atoms with E-state index in [9.17, 15) is 9.30 Å². The summed E-state index contributed by atoms with van der Waals surface area (Å²) in [4.78, 5) is 11.0. The zero-order valence-electron chi connectivity index (χ0n) is 16.7. The van der Waals surface area contributed by atoms with E-state index in [1.165, 1.54) is 17.7 Å². The minimum Gasteiger partial charge on any atom is -0.497 e. The summed E-state index contributed by atoms with van der Waals surface area (Å²) in [5, 5.41) is 6.40. The van der Waals surface area contributed by atoms with E-state index in [2.05, 4.69) is 22.6 Å². The summed E-state index contributed by atoms with van der Waals surface area (Å²) in [5.74, 6) is 1.18. The molecule has 0 bridgehead atoms. The van der Waals surface area contributed by atoms with Gasteiger partial charge in [-0.3, -0.25) is 0 Å². The van der Waals surface area contributed by atoms with Crippen molar-refractivity contribution in [3.05, 3.63) is 58.2 Å². The summed E-state index contributed by atoms with van der Waals surface area (Å²) in [6.07, 6.45) is 3.63. The maximum Gasteiger partial charge on any atom is 0.166 e. The summed E-state index contributed by atoms with van der Waals surface area (Å²) in [5.41, 5.74) is 1.76. The van der Waals surface area contributed by atoms with Gasteiger partial charge in [0.2, 0.25) is 0 Å². The van der Waals surface area contributed by atoms with E-state index in [-0.39, 0.29) is 0 Å². The third kappa shape index (κ3) is 5.90. The van der Waals surface area contributed by atoms with Crippen LogP contribution < -0.4 is 19.5 Å². The van der Waals surface area contributed by atoms with E-state index in [0.29, 0.717) is 43.2 Å². The van der Waals surface area contributed by atoms with Crippen molar-refractivity contribution in [3.8, 4) is 17.2 Å². The number of hydrogen-bond acceptors (Lipinski definition) is 6. The fourth-order valence-corrected chi connectivity index (χ4v) is 3.37. The van der Waals surface area contributed by atoms with Crippen LogP contribution >= 0.6 is 0 Å². The summed E-state index contributed by atoms with van der Waals surface area (Å²) in [7, 11) is 1.67. The molecule has 29 heavy (non-hydrogen) atoms. The SMILES string of the molecule is COc1ccc(CCCCNCCOc2cc(F)cc3c2OCCC3N=O)cc1. The molecule has 0 radical (unpaired) electrons. The number of ether oxygens (including phenoxy) is 3. The third-order valence-corrected chi connectivity index (χ3v) is 4.94.